The summed E-state index contributed by atoms with van der Waals surface area (Å²) in [6, 6.07) is 27.5. The van der Waals surface area contributed by atoms with E-state index in [2.05, 4.69) is 211 Å². The molecule has 0 amide bonds. The van der Waals surface area contributed by atoms with Gasteiger partial charge < -0.3 is 0 Å². The van der Waals surface area contributed by atoms with Crippen molar-refractivity contribution in [2.75, 3.05) is 0 Å². The van der Waals surface area contributed by atoms with Crippen LogP contribution >= 0.6 is 0 Å². The van der Waals surface area contributed by atoms with Crippen LogP contribution in [0.2, 0.25) is 0 Å². The average Bonchev–Trinajstić information content (AvgIpc) is 4.15. The number of nitrogens with zero attached hydrogens (tertiary/aromatic N) is 7. The molecular weight excluding hydrogens is 817 g/mol. The SMILES string of the molecule is Cc1cc(C)c2[nH]ncc2c1.Cc1cc(C)c2cn[nH]c2c1.Cc1cc2cn[nH]c2cc1C.Cc1ccc(C)c2[nH]ncc12.Cc1ccc2[nH]ncc2c1C.Cc1cccc2c1cnn2C. The Bertz CT molecular complexity index is 3370. The van der Waals surface area contributed by atoms with Crippen LogP contribution in [0.15, 0.2) is 116 Å². The van der Waals surface area contributed by atoms with Gasteiger partial charge in [-0.3, -0.25) is 30.2 Å². The van der Waals surface area contributed by atoms with Crippen LogP contribution in [0, 0.1) is 76.2 Å². The van der Waals surface area contributed by atoms with Crippen LogP contribution < -0.4 is 0 Å². The molecule has 5 N–H and O–H groups in total. The maximum absolute atomic E-state index is 4.17. The normalized spacial score (nSPS) is 10.7. The number of hydrogen-bond donors (Lipinski definition) is 5. The summed E-state index contributed by atoms with van der Waals surface area (Å²) in [5.74, 6) is 0. The third-order valence-corrected chi connectivity index (χ3v) is 12.1. The highest BCUT2D eigenvalue weighted by atomic mass is 15.2. The van der Waals surface area contributed by atoms with Crippen molar-refractivity contribution in [1.82, 2.24) is 60.8 Å². The van der Waals surface area contributed by atoms with E-state index in [-0.39, 0.29) is 0 Å². The molecule has 6 heterocycles. The summed E-state index contributed by atoms with van der Waals surface area (Å²) in [7, 11) is 1.96. The molecule has 0 aliphatic carbocycles. The van der Waals surface area contributed by atoms with Crippen LogP contribution in [-0.2, 0) is 7.05 Å². The Hall–Kier alpha value is -7.86. The summed E-state index contributed by atoms with van der Waals surface area (Å²) in [6.07, 6.45) is 11.2. The summed E-state index contributed by atoms with van der Waals surface area (Å²) >= 11 is 0. The summed E-state index contributed by atoms with van der Waals surface area (Å²) in [5, 5.41) is 46.1. The standard InChI is InChI=1S/6C9H10N2/c1-6-3-8-5-10-11-9(8)4-7(6)2;1-6-3-7(2)8-5-10-11-9(8)4-6;1-6-3-7(2)9-8(4-6)5-10-11-9;1-6-3-4-9-8(7(6)2)5-10-11-9;1-6-3-4-7(2)9-8(6)5-10-11-9;1-7-4-3-5-9-8(7)6-10-11(9)2/h5*3-5H,1-2H3,(H,10,11);3-6H,1-2H3. The summed E-state index contributed by atoms with van der Waals surface area (Å²) in [4.78, 5) is 0. The highest BCUT2D eigenvalue weighted by Crippen LogP contribution is 2.22. The quantitative estimate of drug-likeness (QED) is 0.102. The maximum atomic E-state index is 4.17. The number of aromatic amines is 5. The van der Waals surface area contributed by atoms with Gasteiger partial charge in [0, 0.05) is 39.4 Å². The van der Waals surface area contributed by atoms with Crippen LogP contribution in [0.25, 0.3) is 65.4 Å². The molecule has 6 aromatic carbocycles. The van der Waals surface area contributed by atoms with E-state index in [1.807, 2.05) is 48.9 Å². The van der Waals surface area contributed by atoms with Gasteiger partial charge in [-0.15, -0.1) is 0 Å². The molecule has 66 heavy (non-hydrogen) atoms. The second kappa shape index (κ2) is 20.3. The molecule has 0 aliphatic rings. The van der Waals surface area contributed by atoms with Gasteiger partial charge in [-0.2, -0.15) is 30.6 Å². The first-order valence-corrected chi connectivity index (χ1v) is 22.0. The van der Waals surface area contributed by atoms with Gasteiger partial charge in [0.15, 0.2) is 0 Å². The van der Waals surface area contributed by atoms with Crippen molar-refractivity contribution in [2.24, 2.45) is 7.05 Å². The molecule has 0 radical (unpaired) electrons. The first kappa shape index (κ1) is 46.1. The van der Waals surface area contributed by atoms with E-state index in [9.17, 15) is 0 Å². The smallest absolute Gasteiger partial charge is 0.0682 e. The van der Waals surface area contributed by atoms with Gasteiger partial charge in [0.25, 0.3) is 0 Å². The third kappa shape index (κ3) is 10.6. The van der Waals surface area contributed by atoms with Crippen molar-refractivity contribution < 1.29 is 0 Å². The summed E-state index contributed by atoms with van der Waals surface area (Å²) < 4.78 is 1.89. The second-order valence-electron chi connectivity index (χ2n) is 17.2. The van der Waals surface area contributed by atoms with Gasteiger partial charge in [-0.05, 0) is 168 Å². The van der Waals surface area contributed by atoms with Crippen molar-refractivity contribution in [3.63, 3.8) is 0 Å². The number of benzene rings is 6. The predicted octanol–water partition coefficient (Wildman–Crippen LogP) is 12.8. The van der Waals surface area contributed by atoms with Crippen molar-refractivity contribution >= 4 is 65.4 Å². The Morgan fingerprint density at radius 1 is 0.364 bits per heavy atom. The van der Waals surface area contributed by atoms with E-state index in [1.54, 1.807) is 0 Å². The van der Waals surface area contributed by atoms with Crippen molar-refractivity contribution in [3.05, 3.63) is 177 Å². The fourth-order valence-electron chi connectivity index (χ4n) is 7.94. The predicted molar refractivity (Wildman–Crippen MR) is 273 cm³/mol. The lowest BCUT2D eigenvalue weighted by Crippen LogP contribution is -1.87. The average molecular weight is 877 g/mol. The van der Waals surface area contributed by atoms with Gasteiger partial charge in [0.1, 0.15) is 0 Å². The third-order valence-electron chi connectivity index (χ3n) is 12.1. The number of H-pyrrole nitrogens is 5. The van der Waals surface area contributed by atoms with Crippen LogP contribution in [0.4, 0.5) is 0 Å². The fourth-order valence-corrected chi connectivity index (χ4v) is 7.94. The molecule has 0 fully saturated rings. The first-order valence-electron chi connectivity index (χ1n) is 22.0. The number of fused-ring (bicyclic) bond motifs is 6. The minimum absolute atomic E-state index is 1.12. The van der Waals surface area contributed by atoms with E-state index in [0.29, 0.717) is 0 Å². The number of nitrogens with one attached hydrogen (secondary N) is 5. The zero-order valence-corrected chi connectivity index (χ0v) is 40.1. The first-order chi connectivity index (χ1) is 31.7. The Morgan fingerprint density at radius 3 is 1.71 bits per heavy atom. The summed E-state index contributed by atoms with van der Waals surface area (Å²) in [6.45, 7) is 23.1. The zero-order chi connectivity index (χ0) is 47.1. The maximum Gasteiger partial charge on any atom is 0.0682 e. The van der Waals surface area contributed by atoms with Crippen LogP contribution in [0.5, 0.6) is 0 Å². The van der Waals surface area contributed by atoms with E-state index in [1.165, 1.54) is 99.0 Å². The number of aromatic nitrogens is 12. The monoisotopic (exact) mass is 877 g/mol. The number of aryl methyl sites for hydroxylation is 12. The van der Waals surface area contributed by atoms with E-state index < -0.39 is 0 Å². The molecule has 0 bridgehead atoms. The molecule has 336 valence electrons. The van der Waals surface area contributed by atoms with Crippen molar-refractivity contribution in [2.45, 2.75) is 76.2 Å². The fraction of sp³-hybridized carbons (Fsp3) is 0.222. The topological polar surface area (TPSA) is 161 Å². The van der Waals surface area contributed by atoms with Gasteiger partial charge in [-0.25, -0.2) is 0 Å². The lowest BCUT2D eigenvalue weighted by molar-refractivity contribution is 0.797. The highest BCUT2D eigenvalue weighted by Gasteiger charge is 2.03. The minimum Gasteiger partial charge on any atom is -0.278 e. The number of hydrogen-bond acceptors (Lipinski definition) is 6. The van der Waals surface area contributed by atoms with Gasteiger partial charge >= 0.3 is 0 Å². The van der Waals surface area contributed by atoms with Crippen LogP contribution in [0.1, 0.15) is 61.2 Å². The van der Waals surface area contributed by atoms with E-state index in [4.69, 9.17) is 0 Å². The van der Waals surface area contributed by atoms with Gasteiger partial charge in [-0.1, -0.05) is 48.0 Å². The molecule has 0 saturated heterocycles. The lowest BCUT2D eigenvalue weighted by atomic mass is 10.1. The molecule has 0 atom stereocenters. The molecule has 12 heteroatoms. The Balaban J connectivity index is 0.000000118. The molecule has 0 unspecified atom stereocenters. The molecule has 0 aliphatic heterocycles. The van der Waals surface area contributed by atoms with Crippen LogP contribution in [-0.4, -0.2) is 60.8 Å². The Labute approximate surface area is 385 Å². The Kier molecular flexibility index (Phi) is 14.2. The van der Waals surface area contributed by atoms with Crippen LogP contribution in [0.3, 0.4) is 0 Å². The van der Waals surface area contributed by atoms with Crippen molar-refractivity contribution in [1.29, 1.82) is 0 Å². The van der Waals surface area contributed by atoms with E-state index in [0.717, 1.165) is 27.6 Å². The zero-order valence-electron chi connectivity index (χ0n) is 40.1. The molecule has 6 aromatic heterocycles. The Morgan fingerprint density at radius 2 is 0.939 bits per heavy atom. The molecule has 0 saturated carbocycles. The minimum atomic E-state index is 1.12. The molecule has 0 spiro atoms. The molecular formula is C54H60N12. The van der Waals surface area contributed by atoms with Crippen molar-refractivity contribution in [3.8, 4) is 0 Å². The lowest BCUT2D eigenvalue weighted by Gasteiger charge is -1.98. The summed E-state index contributed by atoms with van der Waals surface area (Å²) in [5.41, 5.74) is 21.1. The largest absolute Gasteiger partial charge is 0.278 e. The number of rotatable bonds is 0. The highest BCUT2D eigenvalue weighted by molar-refractivity contribution is 5.85. The van der Waals surface area contributed by atoms with E-state index >= 15 is 0 Å². The van der Waals surface area contributed by atoms with Gasteiger partial charge in [0.2, 0.25) is 0 Å². The van der Waals surface area contributed by atoms with Gasteiger partial charge in [0.05, 0.1) is 70.3 Å². The molecule has 12 aromatic rings. The molecule has 12 rings (SSSR count). The second-order valence-corrected chi connectivity index (χ2v) is 17.2. The molecule has 12 nitrogen and oxygen atoms in total.